The summed E-state index contributed by atoms with van der Waals surface area (Å²) in [4.78, 5) is 26.9. The van der Waals surface area contributed by atoms with Crippen LogP contribution in [0, 0.1) is 11.3 Å². The Morgan fingerprint density at radius 3 is 2.55 bits per heavy atom. The van der Waals surface area contributed by atoms with E-state index in [1.807, 2.05) is 19.9 Å². The Morgan fingerprint density at radius 1 is 1.30 bits per heavy atom. The fourth-order valence-corrected chi connectivity index (χ4v) is 2.39. The van der Waals surface area contributed by atoms with E-state index in [4.69, 9.17) is 16.9 Å². The van der Waals surface area contributed by atoms with E-state index in [1.165, 1.54) is 0 Å². The van der Waals surface area contributed by atoms with Gasteiger partial charge in [-0.15, -0.1) is 0 Å². The van der Waals surface area contributed by atoms with Gasteiger partial charge in [-0.3, -0.25) is 9.78 Å². The van der Waals surface area contributed by atoms with Crippen molar-refractivity contribution >= 4 is 11.6 Å². The normalized spacial score (nSPS) is 10.6. The second kappa shape index (κ2) is 5.35. The molecule has 5 nitrogen and oxygen atoms in total. The van der Waals surface area contributed by atoms with Crippen molar-refractivity contribution in [1.29, 1.82) is 5.26 Å². The maximum atomic E-state index is 12.5. The lowest BCUT2D eigenvalue weighted by Gasteiger charge is -2.12. The molecule has 0 atom stereocenters. The summed E-state index contributed by atoms with van der Waals surface area (Å²) >= 11 is 5.93. The van der Waals surface area contributed by atoms with Crippen LogP contribution in [0.25, 0.3) is 5.69 Å². The Morgan fingerprint density at radius 2 is 1.95 bits per heavy atom. The van der Waals surface area contributed by atoms with Gasteiger partial charge in [0, 0.05) is 0 Å². The lowest BCUT2D eigenvalue weighted by molar-refractivity contribution is 0.776. The van der Waals surface area contributed by atoms with E-state index < -0.39 is 11.2 Å². The van der Waals surface area contributed by atoms with Crippen molar-refractivity contribution in [1.82, 2.24) is 9.55 Å². The van der Waals surface area contributed by atoms with E-state index in [1.54, 1.807) is 24.3 Å². The lowest BCUT2D eigenvalue weighted by atomic mass is 10.1. The number of aromatic amines is 1. The quantitative estimate of drug-likeness (QED) is 0.861. The topological polar surface area (TPSA) is 78.7 Å². The molecular formula is C14H12ClN3O2. The van der Waals surface area contributed by atoms with Gasteiger partial charge in [0.1, 0.15) is 11.2 Å². The molecular weight excluding hydrogens is 278 g/mol. The van der Waals surface area contributed by atoms with Crippen LogP contribution in [0.15, 0.2) is 33.9 Å². The van der Waals surface area contributed by atoms with E-state index in [9.17, 15) is 9.59 Å². The summed E-state index contributed by atoms with van der Waals surface area (Å²) in [6.45, 7) is 3.61. The van der Waals surface area contributed by atoms with E-state index in [-0.39, 0.29) is 22.3 Å². The van der Waals surface area contributed by atoms with Gasteiger partial charge < -0.3 is 0 Å². The van der Waals surface area contributed by atoms with Gasteiger partial charge in [0.05, 0.1) is 16.8 Å². The number of aromatic nitrogens is 2. The Kier molecular flexibility index (Phi) is 3.77. The molecule has 0 aliphatic carbocycles. The summed E-state index contributed by atoms with van der Waals surface area (Å²) in [5.41, 5.74) is -0.348. The summed E-state index contributed by atoms with van der Waals surface area (Å²) in [6, 6.07) is 8.39. The second-order valence-corrected chi connectivity index (χ2v) is 4.96. The number of benzene rings is 1. The van der Waals surface area contributed by atoms with E-state index >= 15 is 0 Å². The molecule has 1 heterocycles. The van der Waals surface area contributed by atoms with Crippen molar-refractivity contribution in [2.45, 2.75) is 19.8 Å². The number of nitrogens with zero attached hydrogens (tertiary/aromatic N) is 2. The van der Waals surface area contributed by atoms with Gasteiger partial charge in [0.15, 0.2) is 0 Å². The van der Waals surface area contributed by atoms with E-state index in [0.29, 0.717) is 5.56 Å². The van der Waals surface area contributed by atoms with E-state index in [0.717, 1.165) is 4.57 Å². The van der Waals surface area contributed by atoms with Crippen LogP contribution in [0.2, 0.25) is 5.15 Å². The molecule has 0 aliphatic heterocycles. The number of hydrogen-bond donors (Lipinski definition) is 1. The molecule has 0 saturated heterocycles. The van der Waals surface area contributed by atoms with Crippen LogP contribution in [0.5, 0.6) is 0 Å². The Hall–Kier alpha value is -2.32. The Balaban J connectivity index is 2.90. The van der Waals surface area contributed by atoms with Crippen LogP contribution in [-0.2, 0) is 0 Å². The molecule has 0 unspecified atom stereocenters. The van der Waals surface area contributed by atoms with Crippen LogP contribution in [-0.4, -0.2) is 9.55 Å². The molecule has 0 amide bonds. The van der Waals surface area contributed by atoms with Crippen LogP contribution < -0.4 is 11.2 Å². The number of nitriles is 1. The van der Waals surface area contributed by atoms with Crippen LogP contribution in [0.4, 0.5) is 0 Å². The summed E-state index contributed by atoms with van der Waals surface area (Å²) < 4.78 is 0.944. The first-order chi connectivity index (χ1) is 9.47. The number of rotatable bonds is 2. The fourth-order valence-electron chi connectivity index (χ4n) is 2.01. The number of para-hydroxylation sites is 1. The Bertz CT molecular complexity index is 812. The van der Waals surface area contributed by atoms with Crippen molar-refractivity contribution in [2.75, 3.05) is 0 Å². The van der Waals surface area contributed by atoms with Crippen LogP contribution in [0.3, 0.4) is 0 Å². The molecule has 0 aliphatic rings. The van der Waals surface area contributed by atoms with Gasteiger partial charge in [-0.2, -0.15) is 5.26 Å². The largest absolute Gasteiger partial charge is 0.334 e. The lowest BCUT2D eigenvalue weighted by Crippen LogP contribution is -2.37. The number of halogens is 1. The first kappa shape index (κ1) is 14.1. The minimum absolute atomic E-state index is 0.0423. The van der Waals surface area contributed by atoms with Gasteiger partial charge in [0.25, 0.3) is 5.56 Å². The van der Waals surface area contributed by atoms with Crippen molar-refractivity contribution in [3.05, 3.63) is 61.4 Å². The van der Waals surface area contributed by atoms with Crippen molar-refractivity contribution in [2.24, 2.45) is 0 Å². The highest BCUT2D eigenvalue weighted by molar-refractivity contribution is 6.30. The highest BCUT2D eigenvalue weighted by atomic mass is 35.5. The first-order valence-corrected chi connectivity index (χ1v) is 6.39. The molecule has 6 heteroatoms. The van der Waals surface area contributed by atoms with E-state index in [2.05, 4.69) is 4.98 Å². The van der Waals surface area contributed by atoms with Gasteiger partial charge >= 0.3 is 5.69 Å². The third kappa shape index (κ3) is 2.26. The van der Waals surface area contributed by atoms with Gasteiger partial charge in [0.2, 0.25) is 0 Å². The molecule has 20 heavy (non-hydrogen) atoms. The molecule has 1 aromatic heterocycles. The molecule has 0 spiro atoms. The monoisotopic (exact) mass is 289 g/mol. The standard InChI is InChI=1S/C14H12ClN3O2/c1-8(2)11-12(15)17-14(20)18(13(11)19)10-6-4-3-5-9(10)7-16/h3-6,8H,1-2H3,(H,17,20). The molecule has 1 aromatic carbocycles. The third-order valence-electron chi connectivity index (χ3n) is 2.93. The maximum absolute atomic E-state index is 12.5. The number of H-pyrrole nitrogens is 1. The summed E-state index contributed by atoms with van der Waals surface area (Å²) in [5, 5.41) is 9.13. The molecule has 2 rings (SSSR count). The zero-order valence-corrected chi connectivity index (χ0v) is 11.7. The molecule has 0 saturated carbocycles. The summed E-state index contributed by atoms with van der Waals surface area (Å²) in [5.74, 6) is -0.146. The van der Waals surface area contributed by atoms with Crippen LogP contribution >= 0.6 is 11.6 Å². The van der Waals surface area contributed by atoms with Crippen LogP contribution in [0.1, 0.15) is 30.9 Å². The molecule has 0 fully saturated rings. The maximum Gasteiger partial charge on any atom is 0.334 e. The van der Waals surface area contributed by atoms with Gasteiger partial charge in [-0.25, -0.2) is 9.36 Å². The minimum Gasteiger partial charge on any atom is -0.297 e. The average Bonchev–Trinajstić information content (AvgIpc) is 2.38. The van der Waals surface area contributed by atoms with Crippen molar-refractivity contribution < 1.29 is 0 Å². The molecule has 0 bridgehead atoms. The summed E-state index contributed by atoms with van der Waals surface area (Å²) in [6.07, 6.45) is 0. The van der Waals surface area contributed by atoms with Crippen molar-refractivity contribution in [3.63, 3.8) is 0 Å². The number of nitrogens with one attached hydrogen (secondary N) is 1. The first-order valence-electron chi connectivity index (χ1n) is 6.01. The molecule has 2 aromatic rings. The fraction of sp³-hybridized carbons (Fsp3) is 0.214. The number of hydrogen-bond acceptors (Lipinski definition) is 3. The average molecular weight is 290 g/mol. The smallest absolute Gasteiger partial charge is 0.297 e. The highest BCUT2D eigenvalue weighted by Gasteiger charge is 2.18. The molecule has 0 radical (unpaired) electrons. The predicted molar refractivity (Wildman–Crippen MR) is 76.5 cm³/mol. The minimum atomic E-state index is -0.660. The zero-order valence-electron chi connectivity index (χ0n) is 11.0. The van der Waals surface area contributed by atoms with Gasteiger partial charge in [-0.1, -0.05) is 37.6 Å². The second-order valence-electron chi connectivity index (χ2n) is 4.58. The molecule has 1 N–H and O–H groups in total. The summed E-state index contributed by atoms with van der Waals surface area (Å²) in [7, 11) is 0. The molecule has 102 valence electrons. The SMILES string of the molecule is CC(C)c1c(Cl)[nH]c(=O)n(-c2ccccc2C#N)c1=O. The van der Waals surface area contributed by atoms with Crippen molar-refractivity contribution in [3.8, 4) is 11.8 Å². The van der Waals surface area contributed by atoms with Gasteiger partial charge in [-0.05, 0) is 18.1 Å². The highest BCUT2D eigenvalue weighted by Crippen LogP contribution is 2.18. The Labute approximate surface area is 120 Å². The zero-order chi connectivity index (χ0) is 14.9. The third-order valence-corrected chi connectivity index (χ3v) is 3.23. The predicted octanol–water partition coefficient (Wildman–Crippen LogP) is 2.17.